The predicted molar refractivity (Wildman–Crippen MR) is 201 cm³/mol. The average molecular weight is 636 g/mol. The van der Waals surface area contributed by atoms with Gasteiger partial charge in [-0.2, -0.15) is 9.97 Å². The van der Waals surface area contributed by atoms with Crippen LogP contribution in [0.25, 0.3) is 83.9 Å². The molecule has 4 heteroatoms. The summed E-state index contributed by atoms with van der Waals surface area (Å²) in [5.41, 5.74) is 6.47. The first-order valence-electron chi connectivity index (χ1n) is 20.2. The minimum atomic E-state index is -0.516. The molecule has 9 rings (SSSR count). The summed E-state index contributed by atoms with van der Waals surface area (Å²) in [6, 6.07) is 36.8. The van der Waals surface area contributed by atoms with Crippen LogP contribution < -0.4 is 0 Å². The molecule has 0 aliphatic heterocycles. The van der Waals surface area contributed by atoms with Crippen LogP contribution in [0.4, 0.5) is 0 Å². The first-order chi connectivity index (χ1) is 28.0. The molecule has 0 amide bonds. The Morgan fingerprint density at radius 2 is 0.857 bits per heavy atom. The Morgan fingerprint density at radius 1 is 0.367 bits per heavy atom. The normalized spacial score (nSPS) is 13.8. The minimum absolute atomic E-state index is 0.0287. The maximum atomic E-state index is 9.10. The largest absolute Gasteiger partial charge is 0.278 e. The van der Waals surface area contributed by atoms with E-state index < -0.39 is 30.2 Å². The lowest BCUT2D eigenvalue weighted by atomic mass is 9.99. The Morgan fingerprint density at radius 3 is 1.49 bits per heavy atom. The highest BCUT2D eigenvalue weighted by Gasteiger charge is 2.18. The van der Waals surface area contributed by atoms with Crippen molar-refractivity contribution >= 4 is 21.8 Å². The second-order valence-corrected chi connectivity index (χ2v) is 11.5. The third-order valence-electron chi connectivity index (χ3n) is 8.51. The molecule has 2 heterocycles. The van der Waals surface area contributed by atoms with Gasteiger partial charge in [-0.25, -0.2) is 4.98 Å². The lowest BCUT2D eigenvalue weighted by molar-refractivity contribution is 0.953. The van der Waals surface area contributed by atoms with E-state index in [0.717, 1.165) is 22.3 Å². The van der Waals surface area contributed by atoms with Gasteiger partial charge in [0.15, 0.2) is 11.6 Å². The third kappa shape index (κ3) is 5.35. The number of hydrogen-bond acceptors (Lipinski definition) is 3. The summed E-state index contributed by atoms with van der Waals surface area (Å²) in [5.74, 6) is 0.777. The summed E-state index contributed by atoms with van der Waals surface area (Å²) in [5, 5.41) is 0.526. The van der Waals surface area contributed by atoms with Crippen molar-refractivity contribution in [3.63, 3.8) is 0 Å². The van der Waals surface area contributed by atoms with Gasteiger partial charge in [-0.3, -0.25) is 4.57 Å². The highest BCUT2D eigenvalue weighted by Crippen LogP contribution is 2.35. The van der Waals surface area contributed by atoms with Crippen LogP contribution in [0.3, 0.4) is 0 Å². The van der Waals surface area contributed by atoms with Crippen LogP contribution >= 0.6 is 0 Å². The highest BCUT2D eigenvalue weighted by molar-refractivity contribution is 6.10. The fourth-order valence-electron chi connectivity index (χ4n) is 6.09. The summed E-state index contributed by atoms with van der Waals surface area (Å²) in [7, 11) is 0. The zero-order chi connectivity index (χ0) is 40.4. The van der Waals surface area contributed by atoms with Crippen molar-refractivity contribution in [2.24, 2.45) is 0 Å². The maximum absolute atomic E-state index is 9.10. The summed E-state index contributed by atoms with van der Waals surface area (Å²) in [4.78, 5) is 14.7. The van der Waals surface area contributed by atoms with Crippen LogP contribution in [-0.2, 0) is 0 Å². The molecule has 9 aromatic rings. The first-order valence-corrected chi connectivity index (χ1v) is 15.7. The number of fused-ring (bicyclic) bond motifs is 3. The molecule has 230 valence electrons. The molecule has 0 saturated carbocycles. The van der Waals surface area contributed by atoms with E-state index in [9.17, 15) is 0 Å². The molecular weight excluding hydrogens is 597 g/mol. The molecule has 0 N–H and O–H groups in total. The number of benzene rings is 7. The molecule has 0 bridgehead atoms. The van der Waals surface area contributed by atoms with E-state index >= 15 is 0 Å². The second-order valence-electron chi connectivity index (χ2n) is 11.5. The Bertz CT molecular complexity index is 3050. The molecule has 0 aliphatic rings. The molecule has 0 fully saturated rings. The predicted octanol–water partition coefficient (Wildman–Crippen LogP) is 11.3. The van der Waals surface area contributed by atoms with E-state index in [1.807, 2.05) is 72.8 Å². The van der Waals surface area contributed by atoms with Crippen molar-refractivity contribution in [3.8, 4) is 62.1 Å². The summed E-state index contributed by atoms with van der Waals surface area (Å²) < 4.78 is 78.7. The minimum Gasteiger partial charge on any atom is -0.278 e. The van der Waals surface area contributed by atoms with E-state index in [-0.39, 0.29) is 52.1 Å². The summed E-state index contributed by atoms with van der Waals surface area (Å²) in [6.07, 6.45) is 0. The number of hydrogen-bond donors (Lipinski definition) is 0. The van der Waals surface area contributed by atoms with Crippen LogP contribution in [0.2, 0.25) is 0 Å². The molecule has 2 aromatic heterocycles. The third-order valence-corrected chi connectivity index (χ3v) is 8.51. The SMILES string of the molecule is [2H]c1c([2H])c([2H])c(-c2ccc3c(c2)c2c([2H])c([2H])c([2H])c([2H])c2n3-c2nc(-c3ccccc3)nc(-c3ccc(-c4ccc(-c5ccccc5)cc4)cc3)n2)c([2H])c1[2H]. The Hall–Kier alpha value is -6.65. The zero-order valence-electron chi connectivity index (χ0n) is 34.9. The number of nitrogens with zero attached hydrogens (tertiary/aromatic N) is 4. The highest BCUT2D eigenvalue weighted by atomic mass is 15.2. The molecule has 0 saturated heterocycles. The van der Waals surface area contributed by atoms with Crippen LogP contribution in [0, 0.1) is 0 Å². The second kappa shape index (κ2) is 12.2. The van der Waals surface area contributed by atoms with Gasteiger partial charge in [-0.1, -0.05) is 164 Å². The van der Waals surface area contributed by atoms with E-state index in [1.165, 1.54) is 0 Å². The van der Waals surface area contributed by atoms with Crippen LogP contribution in [0.15, 0.2) is 182 Å². The van der Waals surface area contributed by atoms with Gasteiger partial charge in [-0.15, -0.1) is 0 Å². The maximum Gasteiger partial charge on any atom is 0.238 e. The Kier molecular flexibility index (Phi) is 5.11. The summed E-state index contributed by atoms with van der Waals surface area (Å²) >= 11 is 0. The molecule has 0 spiro atoms. The van der Waals surface area contributed by atoms with E-state index in [1.54, 1.807) is 22.8 Å². The fourth-order valence-corrected chi connectivity index (χ4v) is 6.09. The number of para-hydroxylation sites is 1. The molecule has 0 unspecified atom stereocenters. The van der Waals surface area contributed by atoms with Crippen molar-refractivity contribution in [1.82, 2.24) is 19.5 Å². The van der Waals surface area contributed by atoms with Gasteiger partial charge >= 0.3 is 0 Å². The first kappa shape index (κ1) is 20.6. The standard InChI is InChI=1S/C45H30N4/c1-4-12-31(13-5-1)33-20-22-34(23-21-33)35-24-26-37(27-25-35)44-46-43(36-16-8-3-9-17-36)47-45(48-44)49-41-19-11-10-18-39(41)40-30-38(28-29-42(40)49)32-14-6-2-7-15-32/h1-30H/i2D,6D,7D,10D,11D,14D,15D,18D,19D. The molecule has 4 nitrogen and oxygen atoms in total. The summed E-state index contributed by atoms with van der Waals surface area (Å²) in [6.45, 7) is 0. The smallest absolute Gasteiger partial charge is 0.238 e. The van der Waals surface area contributed by atoms with Crippen LogP contribution in [-0.4, -0.2) is 19.5 Å². The van der Waals surface area contributed by atoms with E-state index in [4.69, 9.17) is 27.3 Å². The van der Waals surface area contributed by atoms with Gasteiger partial charge < -0.3 is 0 Å². The zero-order valence-corrected chi connectivity index (χ0v) is 25.9. The lowest BCUT2D eigenvalue weighted by Crippen LogP contribution is -2.06. The number of rotatable bonds is 6. The fraction of sp³-hybridized carbons (Fsp3) is 0. The molecule has 7 aromatic carbocycles. The van der Waals surface area contributed by atoms with Crippen LogP contribution in [0.5, 0.6) is 0 Å². The van der Waals surface area contributed by atoms with Crippen molar-refractivity contribution < 1.29 is 12.3 Å². The molecular formula is C45H30N4. The van der Waals surface area contributed by atoms with Crippen molar-refractivity contribution in [1.29, 1.82) is 0 Å². The molecule has 0 atom stereocenters. The Labute approximate surface area is 297 Å². The van der Waals surface area contributed by atoms with Gasteiger partial charge in [0.1, 0.15) is 0 Å². The molecule has 0 radical (unpaired) electrons. The molecule has 49 heavy (non-hydrogen) atoms. The monoisotopic (exact) mass is 635 g/mol. The van der Waals surface area contributed by atoms with Gasteiger partial charge in [0.2, 0.25) is 5.95 Å². The van der Waals surface area contributed by atoms with E-state index in [0.29, 0.717) is 33.7 Å². The van der Waals surface area contributed by atoms with Crippen molar-refractivity contribution in [2.45, 2.75) is 0 Å². The quantitative estimate of drug-likeness (QED) is 0.183. The van der Waals surface area contributed by atoms with Crippen LogP contribution in [0.1, 0.15) is 12.3 Å². The lowest BCUT2D eigenvalue weighted by Gasteiger charge is -2.11. The van der Waals surface area contributed by atoms with Gasteiger partial charge in [0.25, 0.3) is 0 Å². The van der Waals surface area contributed by atoms with Gasteiger partial charge in [0.05, 0.1) is 23.4 Å². The van der Waals surface area contributed by atoms with Crippen molar-refractivity contribution in [2.75, 3.05) is 0 Å². The Balaban J connectivity index is 1.24. The van der Waals surface area contributed by atoms with E-state index in [2.05, 4.69) is 36.4 Å². The molecule has 0 aliphatic carbocycles. The topological polar surface area (TPSA) is 43.6 Å². The van der Waals surface area contributed by atoms with Crippen molar-refractivity contribution in [3.05, 3.63) is 182 Å². The van der Waals surface area contributed by atoms with Gasteiger partial charge in [0, 0.05) is 21.9 Å². The van der Waals surface area contributed by atoms with Gasteiger partial charge in [-0.05, 0) is 51.6 Å². The number of aromatic nitrogens is 4. The average Bonchev–Trinajstić information content (AvgIpc) is 3.61.